The Kier molecular flexibility index (Phi) is 3.97. The van der Waals surface area contributed by atoms with E-state index < -0.39 is 0 Å². The molecule has 1 aromatic rings. The van der Waals surface area contributed by atoms with Gasteiger partial charge in [-0.15, -0.1) is 0 Å². The maximum atomic E-state index is 5.45. The molecule has 0 saturated carbocycles. The molecule has 4 heteroatoms. The zero-order chi connectivity index (χ0) is 12.3. The molecule has 2 rings (SSSR count). The molecular weight excluding hydrogens is 230 g/mol. The van der Waals surface area contributed by atoms with Crippen molar-refractivity contribution >= 4 is 23.0 Å². The third-order valence-corrected chi connectivity index (χ3v) is 3.54. The first-order chi connectivity index (χ1) is 8.16. The monoisotopic (exact) mass is 249 g/mol. The molecule has 0 unspecified atom stereocenters. The van der Waals surface area contributed by atoms with Crippen LogP contribution in [0.25, 0.3) is 0 Å². The number of aryl methyl sites for hydroxylation is 1. The number of likely N-dealkylation sites (N-methyl/N-ethyl adjacent to an activating group) is 1. The Hall–Kier alpha value is -1.13. The van der Waals surface area contributed by atoms with Crippen molar-refractivity contribution in [1.82, 2.24) is 9.80 Å². The molecule has 0 radical (unpaired) electrons. The van der Waals surface area contributed by atoms with E-state index in [9.17, 15) is 0 Å². The van der Waals surface area contributed by atoms with Gasteiger partial charge in [0.05, 0.1) is 0 Å². The molecule has 0 bridgehead atoms. The highest BCUT2D eigenvalue weighted by Crippen LogP contribution is 2.14. The van der Waals surface area contributed by atoms with Gasteiger partial charge < -0.3 is 15.1 Å². The summed E-state index contributed by atoms with van der Waals surface area (Å²) in [6, 6.07) is 8.23. The summed E-state index contributed by atoms with van der Waals surface area (Å²) >= 11 is 5.45. The first-order valence-corrected chi connectivity index (χ1v) is 6.38. The molecule has 0 amide bonds. The SMILES string of the molecule is Cc1ccccc1NC(=S)N1CCN(C)CC1. The van der Waals surface area contributed by atoms with Crippen LogP contribution in [0.3, 0.4) is 0 Å². The van der Waals surface area contributed by atoms with Gasteiger partial charge in [-0.05, 0) is 37.8 Å². The van der Waals surface area contributed by atoms with Gasteiger partial charge in [-0.2, -0.15) is 0 Å². The molecule has 1 aliphatic heterocycles. The number of hydrogen-bond acceptors (Lipinski definition) is 2. The third-order valence-electron chi connectivity index (χ3n) is 3.18. The summed E-state index contributed by atoms with van der Waals surface area (Å²) in [7, 11) is 2.15. The highest BCUT2D eigenvalue weighted by atomic mass is 32.1. The van der Waals surface area contributed by atoms with Crippen LogP contribution in [-0.2, 0) is 0 Å². The molecule has 1 aliphatic rings. The van der Waals surface area contributed by atoms with Crippen LogP contribution >= 0.6 is 12.2 Å². The number of hydrogen-bond donors (Lipinski definition) is 1. The number of benzene rings is 1. The Morgan fingerprint density at radius 1 is 1.18 bits per heavy atom. The quantitative estimate of drug-likeness (QED) is 0.766. The minimum absolute atomic E-state index is 0.840. The van der Waals surface area contributed by atoms with Gasteiger partial charge in [0.15, 0.2) is 5.11 Å². The maximum absolute atomic E-state index is 5.45. The van der Waals surface area contributed by atoms with Crippen molar-refractivity contribution in [1.29, 1.82) is 0 Å². The average Bonchev–Trinajstić information content (AvgIpc) is 2.33. The van der Waals surface area contributed by atoms with Crippen molar-refractivity contribution in [3.05, 3.63) is 29.8 Å². The Balaban J connectivity index is 1.95. The smallest absolute Gasteiger partial charge is 0.173 e. The van der Waals surface area contributed by atoms with Gasteiger partial charge in [-0.1, -0.05) is 18.2 Å². The summed E-state index contributed by atoms with van der Waals surface area (Å²) in [6.45, 7) is 6.27. The van der Waals surface area contributed by atoms with Gasteiger partial charge in [-0.3, -0.25) is 0 Å². The lowest BCUT2D eigenvalue weighted by molar-refractivity contribution is 0.217. The van der Waals surface area contributed by atoms with E-state index >= 15 is 0 Å². The number of rotatable bonds is 1. The van der Waals surface area contributed by atoms with E-state index in [1.54, 1.807) is 0 Å². The van der Waals surface area contributed by atoms with Crippen LogP contribution in [0, 0.1) is 6.92 Å². The molecule has 1 fully saturated rings. The number of nitrogens with one attached hydrogen (secondary N) is 1. The fourth-order valence-electron chi connectivity index (χ4n) is 1.92. The first-order valence-electron chi connectivity index (χ1n) is 5.97. The number of anilines is 1. The highest BCUT2D eigenvalue weighted by Gasteiger charge is 2.16. The van der Waals surface area contributed by atoms with Crippen molar-refractivity contribution in [2.24, 2.45) is 0 Å². The normalized spacial score (nSPS) is 16.9. The van der Waals surface area contributed by atoms with Crippen molar-refractivity contribution in [3.63, 3.8) is 0 Å². The standard InChI is InChI=1S/C13H19N3S/c1-11-5-3-4-6-12(11)14-13(17)16-9-7-15(2)8-10-16/h3-6H,7-10H2,1-2H3,(H,14,17). The van der Waals surface area contributed by atoms with Gasteiger partial charge in [0.1, 0.15) is 0 Å². The van der Waals surface area contributed by atoms with Crippen LogP contribution in [0.2, 0.25) is 0 Å². The van der Waals surface area contributed by atoms with Crippen LogP contribution in [0.5, 0.6) is 0 Å². The van der Waals surface area contributed by atoms with Crippen LogP contribution < -0.4 is 5.32 Å². The number of piperazine rings is 1. The second kappa shape index (κ2) is 5.47. The van der Waals surface area contributed by atoms with E-state index in [2.05, 4.69) is 41.2 Å². The Morgan fingerprint density at radius 3 is 2.47 bits per heavy atom. The molecule has 1 N–H and O–H groups in total. The molecular formula is C13H19N3S. The summed E-state index contributed by atoms with van der Waals surface area (Å²) in [5.74, 6) is 0. The maximum Gasteiger partial charge on any atom is 0.173 e. The average molecular weight is 249 g/mol. The van der Waals surface area contributed by atoms with E-state index in [1.165, 1.54) is 5.56 Å². The number of thiocarbonyl (C=S) groups is 1. The molecule has 0 atom stereocenters. The Morgan fingerprint density at radius 2 is 1.82 bits per heavy atom. The van der Waals surface area contributed by atoms with Crippen molar-refractivity contribution in [2.75, 3.05) is 38.5 Å². The molecule has 17 heavy (non-hydrogen) atoms. The van der Waals surface area contributed by atoms with Crippen molar-refractivity contribution < 1.29 is 0 Å². The minimum Gasteiger partial charge on any atom is -0.346 e. The third kappa shape index (κ3) is 3.17. The highest BCUT2D eigenvalue weighted by molar-refractivity contribution is 7.80. The zero-order valence-corrected chi connectivity index (χ0v) is 11.3. The molecule has 1 heterocycles. The molecule has 0 spiro atoms. The lowest BCUT2D eigenvalue weighted by Gasteiger charge is -2.34. The molecule has 0 aromatic heterocycles. The summed E-state index contributed by atoms with van der Waals surface area (Å²) in [5.41, 5.74) is 2.33. The van der Waals surface area contributed by atoms with Gasteiger partial charge in [0, 0.05) is 31.9 Å². The van der Waals surface area contributed by atoms with Crippen LogP contribution in [0.15, 0.2) is 24.3 Å². The predicted octanol–water partition coefficient (Wildman–Crippen LogP) is 1.94. The lowest BCUT2D eigenvalue weighted by Crippen LogP contribution is -2.48. The zero-order valence-electron chi connectivity index (χ0n) is 10.4. The van der Waals surface area contributed by atoms with Gasteiger partial charge in [-0.25, -0.2) is 0 Å². The predicted molar refractivity (Wildman–Crippen MR) is 76.5 cm³/mol. The first kappa shape index (κ1) is 12.3. The number of nitrogens with zero attached hydrogens (tertiary/aromatic N) is 2. The van der Waals surface area contributed by atoms with Gasteiger partial charge >= 0.3 is 0 Å². The molecule has 0 aliphatic carbocycles. The second-order valence-electron chi connectivity index (χ2n) is 4.54. The van der Waals surface area contributed by atoms with Crippen LogP contribution in [0.4, 0.5) is 5.69 Å². The largest absolute Gasteiger partial charge is 0.346 e. The fraction of sp³-hybridized carbons (Fsp3) is 0.462. The van der Waals surface area contributed by atoms with E-state index in [0.717, 1.165) is 37.0 Å². The molecule has 3 nitrogen and oxygen atoms in total. The minimum atomic E-state index is 0.840. The summed E-state index contributed by atoms with van der Waals surface area (Å²) in [4.78, 5) is 4.56. The van der Waals surface area contributed by atoms with E-state index in [4.69, 9.17) is 12.2 Å². The Labute approximate surface area is 108 Å². The second-order valence-corrected chi connectivity index (χ2v) is 4.92. The number of para-hydroxylation sites is 1. The topological polar surface area (TPSA) is 18.5 Å². The molecule has 1 aromatic carbocycles. The van der Waals surface area contributed by atoms with E-state index in [0.29, 0.717) is 0 Å². The summed E-state index contributed by atoms with van der Waals surface area (Å²) in [5, 5.41) is 4.17. The van der Waals surface area contributed by atoms with Gasteiger partial charge in [0.25, 0.3) is 0 Å². The lowest BCUT2D eigenvalue weighted by atomic mass is 10.2. The molecule has 92 valence electrons. The van der Waals surface area contributed by atoms with Crippen molar-refractivity contribution in [3.8, 4) is 0 Å². The fourth-order valence-corrected chi connectivity index (χ4v) is 2.21. The van der Waals surface area contributed by atoms with E-state index in [1.807, 2.05) is 12.1 Å². The Bertz CT molecular complexity index is 397. The van der Waals surface area contributed by atoms with Gasteiger partial charge in [0.2, 0.25) is 0 Å². The van der Waals surface area contributed by atoms with Crippen LogP contribution in [0.1, 0.15) is 5.56 Å². The summed E-state index contributed by atoms with van der Waals surface area (Å²) < 4.78 is 0. The van der Waals surface area contributed by atoms with E-state index in [-0.39, 0.29) is 0 Å². The molecule has 1 saturated heterocycles. The summed E-state index contributed by atoms with van der Waals surface area (Å²) in [6.07, 6.45) is 0. The van der Waals surface area contributed by atoms with Crippen LogP contribution in [-0.4, -0.2) is 48.1 Å². The van der Waals surface area contributed by atoms with Crippen molar-refractivity contribution in [2.45, 2.75) is 6.92 Å².